The second-order valence-corrected chi connectivity index (χ2v) is 3.23. The Labute approximate surface area is 87.9 Å². The maximum atomic E-state index is 11.5. The van der Waals surface area contributed by atoms with Crippen molar-refractivity contribution in [3.8, 4) is 0 Å². The van der Waals surface area contributed by atoms with Crippen LogP contribution in [-0.2, 0) is 11.3 Å². The second kappa shape index (κ2) is 4.63. The molecule has 1 amide bonds. The Morgan fingerprint density at radius 2 is 2.20 bits per heavy atom. The normalized spacial score (nSPS) is 10.0. The van der Waals surface area contributed by atoms with Crippen LogP contribution in [0.5, 0.6) is 0 Å². The highest BCUT2D eigenvalue weighted by Crippen LogP contribution is 2.03. The summed E-state index contributed by atoms with van der Waals surface area (Å²) in [6, 6.07) is 3.09. The minimum absolute atomic E-state index is 0.0684. The smallest absolute Gasteiger partial charge is 0.352 e. The number of aromatic nitrogens is 1. The molecule has 1 rings (SSSR count). The Bertz CT molecular complexity index is 370. The molecule has 0 radical (unpaired) electrons. The molecule has 0 spiro atoms. The quantitative estimate of drug-likeness (QED) is 0.794. The summed E-state index contributed by atoms with van der Waals surface area (Å²) < 4.78 is 1.43. The standard InChI is InChI=1S/C10H14N2O3/c1-3-11(2)9(13)7-12-6-4-5-8(12)10(14)15/h4-6H,3,7H2,1-2H3,(H,14,15). The average molecular weight is 210 g/mol. The van der Waals surface area contributed by atoms with Gasteiger partial charge in [-0.25, -0.2) is 4.79 Å². The first-order valence-electron chi connectivity index (χ1n) is 4.68. The molecule has 0 unspecified atom stereocenters. The van der Waals surface area contributed by atoms with Crippen molar-refractivity contribution in [2.24, 2.45) is 0 Å². The zero-order chi connectivity index (χ0) is 11.4. The van der Waals surface area contributed by atoms with E-state index in [1.807, 2.05) is 6.92 Å². The Morgan fingerprint density at radius 1 is 1.53 bits per heavy atom. The van der Waals surface area contributed by atoms with Crippen LogP contribution in [0, 0.1) is 0 Å². The molecule has 1 aromatic rings. The summed E-state index contributed by atoms with van der Waals surface area (Å²) in [5, 5.41) is 8.82. The van der Waals surface area contributed by atoms with Gasteiger partial charge in [-0.1, -0.05) is 0 Å². The third kappa shape index (κ3) is 2.59. The van der Waals surface area contributed by atoms with Crippen molar-refractivity contribution >= 4 is 11.9 Å². The molecular formula is C10H14N2O3. The van der Waals surface area contributed by atoms with E-state index >= 15 is 0 Å². The van der Waals surface area contributed by atoms with E-state index in [1.165, 1.54) is 10.6 Å². The minimum atomic E-state index is -1.02. The summed E-state index contributed by atoms with van der Waals surface area (Å²) in [6.45, 7) is 2.55. The van der Waals surface area contributed by atoms with Gasteiger partial charge in [0.2, 0.25) is 5.91 Å². The van der Waals surface area contributed by atoms with Crippen molar-refractivity contribution in [1.82, 2.24) is 9.47 Å². The van der Waals surface area contributed by atoms with Crippen LogP contribution in [0.15, 0.2) is 18.3 Å². The lowest BCUT2D eigenvalue weighted by Crippen LogP contribution is -2.30. The van der Waals surface area contributed by atoms with Gasteiger partial charge in [0.05, 0.1) is 0 Å². The SMILES string of the molecule is CCN(C)C(=O)Cn1cccc1C(=O)O. The molecule has 0 aliphatic carbocycles. The molecule has 0 aliphatic heterocycles. The van der Waals surface area contributed by atoms with Gasteiger partial charge in [0, 0.05) is 19.8 Å². The molecule has 0 atom stereocenters. The lowest BCUT2D eigenvalue weighted by molar-refractivity contribution is -0.130. The van der Waals surface area contributed by atoms with Gasteiger partial charge >= 0.3 is 5.97 Å². The molecule has 1 heterocycles. The molecule has 5 nitrogen and oxygen atoms in total. The number of likely N-dealkylation sites (N-methyl/N-ethyl adjacent to an activating group) is 1. The lowest BCUT2D eigenvalue weighted by Gasteiger charge is -2.15. The fourth-order valence-electron chi connectivity index (χ4n) is 1.19. The summed E-state index contributed by atoms with van der Waals surface area (Å²) in [5.74, 6) is -1.12. The summed E-state index contributed by atoms with van der Waals surface area (Å²) in [7, 11) is 1.69. The molecular weight excluding hydrogens is 196 g/mol. The van der Waals surface area contributed by atoms with Gasteiger partial charge in [0.25, 0.3) is 0 Å². The molecule has 5 heteroatoms. The van der Waals surface area contributed by atoms with Gasteiger partial charge in [0.1, 0.15) is 12.2 Å². The monoisotopic (exact) mass is 210 g/mol. The summed E-state index contributed by atoms with van der Waals surface area (Å²) in [6.07, 6.45) is 1.59. The fraction of sp³-hybridized carbons (Fsp3) is 0.400. The molecule has 0 fully saturated rings. The zero-order valence-electron chi connectivity index (χ0n) is 8.80. The van der Waals surface area contributed by atoms with Crippen LogP contribution < -0.4 is 0 Å². The van der Waals surface area contributed by atoms with Crippen LogP contribution >= 0.6 is 0 Å². The summed E-state index contributed by atoms with van der Waals surface area (Å²) >= 11 is 0. The second-order valence-electron chi connectivity index (χ2n) is 3.23. The first kappa shape index (κ1) is 11.3. The van der Waals surface area contributed by atoms with Crippen LogP contribution in [0.3, 0.4) is 0 Å². The van der Waals surface area contributed by atoms with Crippen LogP contribution in [0.1, 0.15) is 17.4 Å². The number of carbonyl (C=O) groups is 2. The third-order valence-corrected chi connectivity index (χ3v) is 2.25. The van der Waals surface area contributed by atoms with Crippen LogP contribution in [-0.4, -0.2) is 40.0 Å². The average Bonchev–Trinajstić information content (AvgIpc) is 2.64. The maximum Gasteiger partial charge on any atom is 0.352 e. The third-order valence-electron chi connectivity index (χ3n) is 2.25. The van der Waals surface area contributed by atoms with Crippen molar-refractivity contribution in [2.75, 3.05) is 13.6 Å². The molecule has 1 N–H and O–H groups in total. The van der Waals surface area contributed by atoms with Gasteiger partial charge in [-0.3, -0.25) is 4.79 Å². The van der Waals surface area contributed by atoms with Crippen molar-refractivity contribution in [2.45, 2.75) is 13.5 Å². The van der Waals surface area contributed by atoms with Crippen molar-refractivity contribution in [3.63, 3.8) is 0 Å². The largest absolute Gasteiger partial charge is 0.477 e. The first-order valence-corrected chi connectivity index (χ1v) is 4.68. The van der Waals surface area contributed by atoms with Crippen molar-refractivity contribution in [3.05, 3.63) is 24.0 Å². The molecule has 0 bridgehead atoms. The van der Waals surface area contributed by atoms with E-state index in [9.17, 15) is 9.59 Å². The number of aromatic carboxylic acids is 1. The number of carboxylic acids is 1. The Hall–Kier alpha value is -1.78. The Kier molecular flexibility index (Phi) is 3.49. The number of hydrogen-bond acceptors (Lipinski definition) is 2. The minimum Gasteiger partial charge on any atom is -0.477 e. The Balaban J connectivity index is 2.76. The van der Waals surface area contributed by atoms with E-state index in [1.54, 1.807) is 24.2 Å². The number of rotatable bonds is 4. The van der Waals surface area contributed by atoms with E-state index < -0.39 is 5.97 Å². The molecule has 0 saturated carbocycles. The zero-order valence-corrected chi connectivity index (χ0v) is 8.80. The van der Waals surface area contributed by atoms with E-state index in [-0.39, 0.29) is 18.1 Å². The number of amides is 1. The highest BCUT2D eigenvalue weighted by Gasteiger charge is 2.13. The molecule has 0 aliphatic rings. The van der Waals surface area contributed by atoms with E-state index in [0.717, 1.165) is 0 Å². The van der Waals surface area contributed by atoms with E-state index in [0.29, 0.717) is 6.54 Å². The first-order chi connectivity index (χ1) is 7.06. The van der Waals surface area contributed by atoms with Gasteiger partial charge in [0.15, 0.2) is 0 Å². The molecule has 82 valence electrons. The fourth-order valence-corrected chi connectivity index (χ4v) is 1.19. The number of carboxylic acid groups (broad SMARTS) is 1. The predicted molar refractivity (Wildman–Crippen MR) is 54.7 cm³/mol. The van der Waals surface area contributed by atoms with Crippen molar-refractivity contribution < 1.29 is 14.7 Å². The van der Waals surface area contributed by atoms with Gasteiger partial charge < -0.3 is 14.6 Å². The van der Waals surface area contributed by atoms with E-state index in [4.69, 9.17) is 5.11 Å². The molecule has 0 saturated heterocycles. The summed E-state index contributed by atoms with van der Waals surface area (Å²) in [4.78, 5) is 23.8. The number of hydrogen-bond donors (Lipinski definition) is 1. The molecule has 0 aromatic carbocycles. The van der Waals surface area contributed by atoms with Gasteiger partial charge in [-0.05, 0) is 19.1 Å². The van der Waals surface area contributed by atoms with Gasteiger partial charge in [-0.2, -0.15) is 0 Å². The maximum absolute atomic E-state index is 11.5. The van der Waals surface area contributed by atoms with E-state index in [2.05, 4.69) is 0 Å². The van der Waals surface area contributed by atoms with Crippen LogP contribution in [0.2, 0.25) is 0 Å². The summed E-state index contributed by atoms with van der Waals surface area (Å²) in [5.41, 5.74) is 0.132. The number of nitrogens with zero attached hydrogens (tertiary/aromatic N) is 2. The molecule has 1 aromatic heterocycles. The lowest BCUT2D eigenvalue weighted by atomic mass is 10.4. The highest BCUT2D eigenvalue weighted by atomic mass is 16.4. The van der Waals surface area contributed by atoms with Gasteiger partial charge in [-0.15, -0.1) is 0 Å². The Morgan fingerprint density at radius 3 is 2.73 bits per heavy atom. The highest BCUT2D eigenvalue weighted by molar-refractivity contribution is 5.86. The predicted octanol–water partition coefficient (Wildman–Crippen LogP) is 0.665. The van der Waals surface area contributed by atoms with Crippen LogP contribution in [0.25, 0.3) is 0 Å². The van der Waals surface area contributed by atoms with Crippen LogP contribution in [0.4, 0.5) is 0 Å². The molecule has 15 heavy (non-hydrogen) atoms. The van der Waals surface area contributed by atoms with Crippen molar-refractivity contribution in [1.29, 1.82) is 0 Å². The topological polar surface area (TPSA) is 62.5 Å². The number of carbonyl (C=O) groups excluding carboxylic acids is 1.